The zero-order valence-electron chi connectivity index (χ0n) is 8.16. The van der Waals surface area contributed by atoms with Gasteiger partial charge in [0.05, 0.1) is 11.3 Å². The van der Waals surface area contributed by atoms with E-state index in [1.54, 1.807) is 0 Å². The van der Waals surface area contributed by atoms with E-state index < -0.39 is 11.7 Å². The molecule has 0 spiro atoms. The number of benzene rings is 1. The van der Waals surface area contributed by atoms with Crippen LogP contribution in [0.3, 0.4) is 0 Å². The van der Waals surface area contributed by atoms with Crippen molar-refractivity contribution in [2.75, 3.05) is 18.9 Å². The lowest BCUT2D eigenvalue weighted by Crippen LogP contribution is -2.26. The van der Waals surface area contributed by atoms with Gasteiger partial charge in [-0.1, -0.05) is 6.07 Å². The van der Waals surface area contributed by atoms with Crippen molar-refractivity contribution in [2.45, 2.75) is 6.42 Å². The van der Waals surface area contributed by atoms with Crippen LogP contribution in [-0.4, -0.2) is 24.2 Å². The van der Waals surface area contributed by atoms with E-state index in [0.717, 1.165) is 0 Å². The Kier molecular flexibility index (Phi) is 4.05. The molecule has 4 nitrogen and oxygen atoms in total. The van der Waals surface area contributed by atoms with Crippen LogP contribution in [0.1, 0.15) is 16.8 Å². The van der Waals surface area contributed by atoms with Crippen molar-refractivity contribution in [1.29, 1.82) is 0 Å². The second-order valence-electron chi connectivity index (χ2n) is 3.03. The maximum Gasteiger partial charge on any atom is 0.253 e. The number of rotatable bonds is 4. The Morgan fingerprint density at radius 3 is 2.93 bits per heavy atom. The molecule has 0 aromatic heterocycles. The molecule has 1 aromatic rings. The fourth-order valence-corrected chi connectivity index (χ4v) is 1.11. The quantitative estimate of drug-likeness (QED) is 0.503. The summed E-state index contributed by atoms with van der Waals surface area (Å²) >= 11 is 0. The van der Waals surface area contributed by atoms with E-state index in [2.05, 4.69) is 5.32 Å². The minimum absolute atomic E-state index is 0.00108. The maximum absolute atomic E-state index is 13.0. The van der Waals surface area contributed by atoms with Gasteiger partial charge < -0.3 is 16.2 Å². The van der Waals surface area contributed by atoms with Crippen molar-refractivity contribution < 1.29 is 14.3 Å². The largest absolute Gasteiger partial charge is 0.396 e. The van der Waals surface area contributed by atoms with E-state index in [1.807, 2.05) is 0 Å². The Balaban J connectivity index is 2.69. The molecule has 0 atom stereocenters. The first-order valence-electron chi connectivity index (χ1n) is 4.60. The van der Waals surface area contributed by atoms with Crippen LogP contribution in [-0.2, 0) is 0 Å². The Bertz CT molecular complexity index is 355. The summed E-state index contributed by atoms with van der Waals surface area (Å²) in [5, 5.41) is 11.0. The van der Waals surface area contributed by atoms with Crippen LogP contribution in [0, 0.1) is 5.82 Å². The molecule has 1 amide bonds. The summed E-state index contributed by atoms with van der Waals surface area (Å²) in [7, 11) is 0. The molecule has 1 aromatic carbocycles. The number of nitrogens with two attached hydrogens (primary N) is 1. The minimum Gasteiger partial charge on any atom is -0.396 e. The lowest BCUT2D eigenvalue weighted by molar-refractivity contribution is 0.0951. The third-order valence-electron chi connectivity index (χ3n) is 1.92. The highest BCUT2D eigenvalue weighted by molar-refractivity contribution is 5.99. The summed E-state index contributed by atoms with van der Waals surface area (Å²) in [4.78, 5) is 11.5. The van der Waals surface area contributed by atoms with Gasteiger partial charge in [-0.15, -0.1) is 0 Å². The first kappa shape index (κ1) is 11.5. The predicted octanol–water partition coefficient (Wildman–Crippen LogP) is 0.520. The number of nitrogens with one attached hydrogen (secondary N) is 1. The highest BCUT2D eigenvalue weighted by Gasteiger charge is 2.11. The molecule has 0 bridgehead atoms. The lowest BCUT2D eigenvalue weighted by Gasteiger charge is -2.06. The first-order valence-corrected chi connectivity index (χ1v) is 4.60. The normalized spacial score (nSPS) is 10.0. The fraction of sp³-hybridized carbons (Fsp3) is 0.300. The van der Waals surface area contributed by atoms with Gasteiger partial charge in [0.25, 0.3) is 5.91 Å². The van der Waals surface area contributed by atoms with Gasteiger partial charge in [0.2, 0.25) is 0 Å². The number of carbonyl (C=O) groups excluding carboxylic acids is 1. The van der Waals surface area contributed by atoms with Crippen molar-refractivity contribution in [3.05, 3.63) is 29.6 Å². The molecule has 0 aliphatic carbocycles. The first-order chi connectivity index (χ1) is 7.16. The van der Waals surface area contributed by atoms with Crippen LogP contribution >= 0.6 is 0 Å². The topological polar surface area (TPSA) is 75.4 Å². The molecule has 0 saturated carbocycles. The predicted molar refractivity (Wildman–Crippen MR) is 54.8 cm³/mol. The van der Waals surface area contributed by atoms with Crippen LogP contribution in [0.2, 0.25) is 0 Å². The second-order valence-corrected chi connectivity index (χ2v) is 3.03. The standard InChI is InChI=1S/C10H13FN2O2/c11-8-4-1-3-7(9(8)12)10(15)13-5-2-6-14/h1,3-4,14H,2,5-6,12H2,(H,13,15). The average molecular weight is 212 g/mol. The van der Waals surface area contributed by atoms with Crippen molar-refractivity contribution in [1.82, 2.24) is 5.32 Å². The van der Waals surface area contributed by atoms with Crippen LogP contribution in [0.5, 0.6) is 0 Å². The number of anilines is 1. The molecule has 0 aliphatic heterocycles. The van der Waals surface area contributed by atoms with Crippen molar-refractivity contribution >= 4 is 11.6 Å². The number of hydrogen-bond donors (Lipinski definition) is 3. The van der Waals surface area contributed by atoms with Crippen molar-refractivity contribution in [3.63, 3.8) is 0 Å². The molecule has 0 fully saturated rings. The highest BCUT2D eigenvalue weighted by atomic mass is 19.1. The number of hydrogen-bond acceptors (Lipinski definition) is 3. The van der Waals surface area contributed by atoms with Crippen LogP contribution in [0.25, 0.3) is 0 Å². The Labute approximate surface area is 86.9 Å². The summed E-state index contributed by atoms with van der Waals surface area (Å²) < 4.78 is 13.0. The van der Waals surface area contributed by atoms with Gasteiger partial charge in [-0.2, -0.15) is 0 Å². The van der Waals surface area contributed by atoms with Crippen molar-refractivity contribution in [3.8, 4) is 0 Å². The number of carbonyl (C=O) groups is 1. The molecule has 0 heterocycles. The van der Waals surface area contributed by atoms with Gasteiger partial charge in [-0.3, -0.25) is 4.79 Å². The number of aliphatic hydroxyl groups excluding tert-OH is 1. The van der Waals surface area contributed by atoms with E-state index in [1.165, 1.54) is 18.2 Å². The molecule has 0 radical (unpaired) electrons. The fourth-order valence-electron chi connectivity index (χ4n) is 1.11. The zero-order valence-corrected chi connectivity index (χ0v) is 8.16. The van der Waals surface area contributed by atoms with Gasteiger partial charge >= 0.3 is 0 Å². The number of para-hydroxylation sites is 1. The molecule has 0 aliphatic rings. The van der Waals surface area contributed by atoms with E-state index in [0.29, 0.717) is 13.0 Å². The second kappa shape index (κ2) is 5.31. The molecule has 1 rings (SSSR count). The van der Waals surface area contributed by atoms with Crippen LogP contribution in [0.4, 0.5) is 10.1 Å². The summed E-state index contributed by atoms with van der Waals surface area (Å²) in [6.45, 7) is 0.337. The Morgan fingerprint density at radius 2 is 2.27 bits per heavy atom. The van der Waals surface area contributed by atoms with E-state index >= 15 is 0 Å². The lowest BCUT2D eigenvalue weighted by atomic mass is 10.1. The van der Waals surface area contributed by atoms with Crippen LogP contribution < -0.4 is 11.1 Å². The third-order valence-corrected chi connectivity index (χ3v) is 1.92. The molecular weight excluding hydrogens is 199 g/mol. The maximum atomic E-state index is 13.0. The molecular formula is C10H13FN2O2. The summed E-state index contributed by atoms with van der Waals surface area (Å²) in [6.07, 6.45) is 0.459. The Morgan fingerprint density at radius 1 is 1.53 bits per heavy atom. The number of halogens is 1. The smallest absolute Gasteiger partial charge is 0.253 e. The minimum atomic E-state index is -0.607. The molecule has 0 saturated heterocycles. The SMILES string of the molecule is Nc1c(F)cccc1C(=O)NCCCO. The van der Waals surface area contributed by atoms with Crippen molar-refractivity contribution in [2.24, 2.45) is 0 Å². The molecule has 0 unspecified atom stereocenters. The highest BCUT2D eigenvalue weighted by Crippen LogP contribution is 2.15. The van der Waals surface area contributed by atoms with E-state index in [-0.39, 0.29) is 17.9 Å². The average Bonchev–Trinajstić information content (AvgIpc) is 2.22. The summed E-state index contributed by atoms with van der Waals surface area (Å²) in [6, 6.07) is 4.07. The van der Waals surface area contributed by atoms with Gasteiger partial charge in [0, 0.05) is 13.2 Å². The molecule has 15 heavy (non-hydrogen) atoms. The van der Waals surface area contributed by atoms with Gasteiger partial charge in [-0.25, -0.2) is 4.39 Å². The van der Waals surface area contributed by atoms with Gasteiger partial charge in [0.1, 0.15) is 5.82 Å². The zero-order chi connectivity index (χ0) is 11.3. The van der Waals surface area contributed by atoms with Crippen LogP contribution in [0.15, 0.2) is 18.2 Å². The van der Waals surface area contributed by atoms with E-state index in [9.17, 15) is 9.18 Å². The van der Waals surface area contributed by atoms with Gasteiger partial charge in [-0.05, 0) is 18.6 Å². The summed E-state index contributed by atoms with van der Waals surface area (Å²) in [5.41, 5.74) is 5.37. The van der Waals surface area contributed by atoms with Gasteiger partial charge in [0.15, 0.2) is 0 Å². The number of aliphatic hydroxyl groups is 1. The molecule has 4 N–H and O–H groups in total. The third kappa shape index (κ3) is 2.92. The number of amides is 1. The Hall–Kier alpha value is -1.62. The van der Waals surface area contributed by atoms with E-state index in [4.69, 9.17) is 10.8 Å². The summed E-state index contributed by atoms with van der Waals surface area (Å²) in [5.74, 6) is -1.04. The molecule has 82 valence electrons. The monoisotopic (exact) mass is 212 g/mol. The number of nitrogen functional groups attached to an aromatic ring is 1. The molecule has 5 heteroatoms.